The number of nitrogens with zero attached hydrogens (tertiary/aromatic N) is 1. The van der Waals surface area contributed by atoms with E-state index in [-0.39, 0.29) is 10.8 Å². The van der Waals surface area contributed by atoms with E-state index in [2.05, 4.69) is 5.32 Å². The standard InChI is InChI=1S/C29H26N2O3S/c1-21-9-16-27(17-10-21)35(33,34)31-19-5-8-25-20-26(15-18-28(25)31)30-29(32)24-13-11-23(12-14-24)22-6-3-2-4-7-22/h2-4,6-7,9-18,20H,5,8,19H2,1H3,(H,30,32). The van der Waals surface area contributed by atoms with Crippen molar-refractivity contribution in [3.05, 3.63) is 114 Å². The maximum atomic E-state index is 13.3. The molecule has 1 aliphatic rings. The highest BCUT2D eigenvalue weighted by molar-refractivity contribution is 7.92. The lowest BCUT2D eigenvalue weighted by Gasteiger charge is -2.31. The van der Waals surface area contributed by atoms with Crippen LogP contribution < -0.4 is 9.62 Å². The number of amides is 1. The molecule has 0 saturated carbocycles. The van der Waals surface area contributed by atoms with Crippen molar-refractivity contribution in [1.29, 1.82) is 0 Å². The van der Waals surface area contributed by atoms with Crippen LogP contribution in [0.25, 0.3) is 11.1 Å². The molecule has 35 heavy (non-hydrogen) atoms. The summed E-state index contributed by atoms with van der Waals surface area (Å²) in [7, 11) is -3.65. The normalized spacial score (nSPS) is 13.2. The first-order valence-electron chi connectivity index (χ1n) is 11.6. The number of aryl methyl sites for hydroxylation is 2. The maximum absolute atomic E-state index is 13.3. The van der Waals surface area contributed by atoms with Gasteiger partial charge in [-0.15, -0.1) is 0 Å². The Hall–Kier alpha value is -3.90. The summed E-state index contributed by atoms with van der Waals surface area (Å²) in [6.45, 7) is 2.36. The first-order chi connectivity index (χ1) is 16.9. The molecule has 0 spiro atoms. The largest absolute Gasteiger partial charge is 0.322 e. The van der Waals surface area contributed by atoms with Crippen molar-refractivity contribution in [3.63, 3.8) is 0 Å². The Labute approximate surface area is 206 Å². The van der Waals surface area contributed by atoms with Gasteiger partial charge in [-0.2, -0.15) is 0 Å². The van der Waals surface area contributed by atoms with E-state index in [1.165, 1.54) is 4.31 Å². The quantitative estimate of drug-likeness (QED) is 0.376. The van der Waals surface area contributed by atoms with Gasteiger partial charge in [-0.05, 0) is 78.9 Å². The summed E-state index contributed by atoms with van der Waals surface area (Å²) in [6.07, 6.45) is 1.47. The number of sulfonamides is 1. The smallest absolute Gasteiger partial charge is 0.264 e. The van der Waals surface area contributed by atoms with Crippen molar-refractivity contribution in [2.45, 2.75) is 24.7 Å². The molecule has 1 aliphatic heterocycles. The van der Waals surface area contributed by atoms with Crippen LogP contribution in [0.3, 0.4) is 0 Å². The van der Waals surface area contributed by atoms with Crippen molar-refractivity contribution >= 4 is 27.3 Å². The van der Waals surface area contributed by atoms with Gasteiger partial charge in [0.25, 0.3) is 15.9 Å². The SMILES string of the molecule is Cc1ccc(S(=O)(=O)N2CCCc3cc(NC(=O)c4ccc(-c5ccccc5)cc4)ccc32)cc1. The zero-order chi connectivity index (χ0) is 24.4. The number of hydrogen-bond donors (Lipinski definition) is 1. The number of benzene rings is 4. The van der Waals surface area contributed by atoms with Crippen molar-refractivity contribution in [3.8, 4) is 11.1 Å². The fourth-order valence-corrected chi connectivity index (χ4v) is 5.92. The summed E-state index contributed by atoms with van der Waals surface area (Å²) in [5.74, 6) is -0.204. The van der Waals surface area contributed by atoms with Gasteiger partial charge in [0, 0.05) is 17.8 Å². The molecule has 0 aromatic heterocycles. The lowest BCUT2D eigenvalue weighted by Crippen LogP contribution is -2.35. The van der Waals surface area contributed by atoms with Gasteiger partial charge in [-0.3, -0.25) is 9.10 Å². The Bertz CT molecular complexity index is 1460. The zero-order valence-electron chi connectivity index (χ0n) is 19.4. The maximum Gasteiger partial charge on any atom is 0.264 e. The Morgan fingerprint density at radius 1 is 0.829 bits per heavy atom. The van der Waals surface area contributed by atoms with Crippen molar-refractivity contribution < 1.29 is 13.2 Å². The predicted molar refractivity (Wildman–Crippen MR) is 140 cm³/mol. The van der Waals surface area contributed by atoms with Gasteiger partial charge in [0.05, 0.1) is 10.6 Å². The van der Waals surface area contributed by atoms with E-state index in [0.717, 1.165) is 35.1 Å². The van der Waals surface area contributed by atoms with Crippen LogP contribution in [0.5, 0.6) is 0 Å². The van der Waals surface area contributed by atoms with E-state index in [9.17, 15) is 13.2 Å². The van der Waals surface area contributed by atoms with Gasteiger partial charge in [0.2, 0.25) is 0 Å². The average Bonchev–Trinajstić information content (AvgIpc) is 2.89. The van der Waals surface area contributed by atoms with Crippen molar-refractivity contribution in [1.82, 2.24) is 0 Å². The highest BCUT2D eigenvalue weighted by atomic mass is 32.2. The summed E-state index contributed by atoms with van der Waals surface area (Å²) in [5.41, 5.74) is 5.94. The van der Waals surface area contributed by atoms with Crippen molar-refractivity contribution in [2.24, 2.45) is 0 Å². The molecular formula is C29H26N2O3S. The summed E-state index contributed by atoms with van der Waals surface area (Å²) in [5, 5.41) is 2.95. The Balaban J connectivity index is 1.35. The molecule has 0 fully saturated rings. The third-order valence-corrected chi connectivity index (χ3v) is 8.10. The van der Waals surface area contributed by atoms with Gasteiger partial charge >= 0.3 is 0 Å². The Morgan fingerprint density at radius 3 is 2.23 bits per heavy atom. The number of rotatable bonds is 5. The Kier molecular flexibility index (Phi) is 6.14. The first-order valence-corrected chi connectivity index (χ1v) is 13.0. The summed E-state index contributed by atoms with van der Waals surface area (Å²) in [6, 6.07) is 29.8. The lowest BCUT2D eigenvalue weighted by molar-refractivity contribution is 0.102. The van der Waals surface area contributed by atoms with Crippen LogP contribution >= 0.6 is 0 Å². The van der Waals surface area contributed by atoms with Crippen LogP contribution in [0, 0.1) is 6.92 Å². The molecule has 5 nitrogen and oxygen atoms in total. The van der Waals surface area contributed by atoms with Crippen molar-refractivity contribution in [2.75, 3.05) is 16.2 Å². The topological polar surface area (TPSA) is 66.5 Å². The summed E-state index contributed by atoms with van der Waals surface area (Å²) in [4.78, 5) is 13.1. The van der Waals surface area contributed by atoms with Crippen LogP contribution in [0.1, 0.15) is 27.9 Å². The third-order valence-electron chi connectivity index (χ3n) is 6.28. The van der Waals surface area contributed by atoms with Gasteiger partial charge in [-0.25, -0.2) is 8.42 Å². The number of anilines is 2. The molecule has 0 aliphatic carbocycles. The van der Waals surface area contributed by atoms with Crippen LogP contribution in [0.2, 0.25) is 0 Å². The molecule has 4 aromatic rings. The molecule has 4 aromatic carbocycles. The first kappa shape index (κ1) is 22.9. The van der Waals surface area contributed by atoms with Crippen LogP contribution in [0.15, 0.2) is 102 Å². The molecule has 0 radical (unpaired) electrons. The average molecular weight is 483 g/mol. The second kappa shape index (κ2) is 9.39. The summed E-state index contributed by atoms with van der Waals surface area (Å²) < 4.78 is 28.1. The van der Waals surface area contributed by atoms with Gasteiger partial charge in [0.15, 0.2) is 0 Å². The van der Waals surface area contributed by atoms with E-state index in [1.807, 2.05) is 79.7 Å². The molecule has 1 amide bonds. The highest BCUT2D eigenvalue weighted by Gasteiger charge is 2.29. The summed E-state index contributed by atoms with van der Waals surface area (Å²) >= 11 is 0. The minimum absolute atomic E-state index is 0.204. The van der Waals surface area contributed by atoms with E-state index in [1.54, 1.807) is 24.3 Å². The van der Waals surface area contributed by atoms with Crippen LogP contribution in [0.4, 0.5) is 11.4 Å². The molecule has 0 atom stereocenters. The Morgan fingerprint density at radius 2 is 1.51 bits per heavy atom. The molecule has 1 N–H and O–H groups in total. The molecular weight excluding hydrogens is 456 g/mol. The van der Waals surface area contributed by atoms with Gasteiger partial charge < -0.3 is 5.32 Å². The monoisotopic (exact) mass is 482 g/mol. The minimum atomic E-state index is -3.65. The van der Waals surface area contributed by atoms with Crippen LogP contribution in [-0.2, 0) is 16.4 Å². The molecule has 176 valence electrons. The zero-order valence-corrected chi connectivity index (χ0v) is 20.3. The minimum Gasteiger partial charge on any atom is -0.322 e. The highest BCUT2D eigenvalue weighted by Crippen LogP contribution is 2.34. The molecule has 1 heterocycles. The van der Waals surface area contributed by atoms with Gasteiger partial charge in [0.1, 0.15) is 0 Å². The number of hydrogen-bond acceptors (Lipinski definition) is 3. The molecule has 0 unspecified atom stereocenters. The van der Waals surface area contributed by atoms with E-state index in [0.29, 0.717) is 23.5 Å². The number of fused-ring (bicyclic) bond motifs is 1. The number of nitrogens with one attached hydrogen (secondary N) is 1. The van der Waals surface area contributed by atoms with E-state index < -0.39 is 10.0 Å². The molecule has 5 rings (SSSR count). The number of carbonyl (C=O) groups excluding carboxylic acids is 1. The predicted octanol–water partition coefficient (Wildman–Crippen LogP) is 6.06. The van der Waals surface area contributed by atoms with E-state index >= 15 is 0 Å². The van der Waals surface area contributed by atoms with Crippen LogP contribution in [-0.4, -0.2) is 20.9 Å². The van der Waals surface area contributed by atoms with E-state index in [4.69, 9.17) is 0 Å². The second-order valence-corrected chi connectivity index (χ2v) is 10.6. The van der Waals surface area contributed by atoms with Gasteiger partial charge in [-0.1, -0.05) is 60.2 Å². The fourth-order valence-electron chi connectivity index (χ4n) is 4.38. The molecule has 6 heteroatoms. The third kappa shape index (κ3) is 4.70. The molecule has 0 saturated heterocycles. The number of carbonyl (C=O) groups is 1. The molecule has 0 bridgehead atoms. The fraction of sp³-hybridized carbons (Fsp3) is 0.138. The second-order valence-electron chi connectivity index (χ2n) is 8.73. The lowest BCUT2D eigenvalue weighted by atomic mass is 10.0.